The van der Waals surface area contributed by atoms with Crippen LogP contribution in [0.2, 0.25) is 0 Å². The van der Waals surface area contributed by atoms with E-state index in [1.807, 2.05) is 20.8 Å². The highest BCUT2D eigenvalue weighted by Gasteiger charge is 2.18. The lowest BCUT2D eigenvalue weighted by atomic mass is 10.0. The number of hydrogen-bond donors (Lipinski definition) is 2. The van der Waals surface area contributed by atoms with Crippen LogP contribution in [0.3, 0.4) is 0 Å². The van der Waals surface area contributed by atoms with Gasteiger partial charge in [-0.25, -0.2) is 4.98 Å². The molecule has 0 saturated heterocycles. The zero-order chi connectivity index (χ0) is 14.6. The second-order valence-corrected chi connectivity index (χ2v) is 6.33. The standard InChI is InChI=1S/C14H26N4O/c1-10(2)8-11(9-15)17-12-13(19)18(7-6-16-12)14(3,4)5/h6-7,10-11H,8-9,15H2,1-5H3,(H,16,17). The number of aromatic nitrogens is 2. The van der Waals surface area contributed by atoms with E-state index in [4.69, 9.17) is 5.73 Å². The summed E-state index contributed by atoms with van der Waals surface area (Å²) in [5.74, 6) is 0.906. The number of anilines is 1. The molecule has 0 aliphatic heterocycles. The summed E-state index contributed by atoms with van der Waals surface area (Å²) in [6.45, 7) is 10.7. The quantitative estimate of drug-likeness (QED) is 0.852. The predicted molar refractivity (Wildman–Crippen MR) is 79.4 cm³/mol. The van der Waals surface area contributed by atoms with Crippen molar-refractivity contribution < 1.29 is 0 Å². The summed E-state index contributed by atoms with van der Waals surface area (Å²) < 4.78 is 1.69. The Hall–Kier alpha value is -1.36. The molecule has 19 heavy (non-hydrogen) atoms. The van der Waals surface area contributed by atoms with E-state index in [9.17, 15) is 4.79 Å². The number of rotatable bonds is 5. The zero-order valence-corrected chi connectivity index (χ0v) is 12.6. The molecule has 108 valence electrons. The van der Waals surface area contributed by atoms with Gasteiger partial charge in [0.1, 0.15) is 0 Å². The second kappa shape index (κ2) is 6.19. The van der Waals surface area contributed by atoms with Crippen LogP contribution < -0.4 is 16.6 Å². The molecule has 0 saturated carbocycles. The topological polar surface area (TPSA) is 72.9 Å². The molecule has 0 aromatic carbocycles. The fourth-order valence-electron chi connectivity index (χ4n) is 2.02. The number of nitrogens with one attached hydrogen (secondary N) is 1. The van der Waals surface area contributed by atoms with Gasteiger partial charge in [-0.05, 0) is 33.1 Å². The van der Waals surface area contributed by atoms with Gasteiger partial charge in [0, 0.05) is 30.5 Å². The van der Waals surface area contributed by atoms with Crippen molar-refractivity contribution in [2.75, 3.05) is 11.9 Å². The van der Waals surface area contributed by atoms with Gasteiger partial charge in [-0.1, -0.05) is 13.8 Å². The monoisotopic (exact) mass is 266 g/mol. The number of nitrogens with two attached hydrogens (primary N) is 1. The summed E-state index contributed by atoms with van der Waals surface area (Å²) in [5, 5.41) is 3.17. The predicted octanol–water partition coefficient (Wildman–Crippen LogP) is 1.78. The average molecular weight is 266 g/mol. The van der Waals surface area contributed by atoms with Crippen molar-refractivity contribution in [2.24, 2.45) is 11.7 Å². The van der Waals surface area contributed by atoms with Crippen molar-refractivity contribution in [3.05, 3.63) is 22.7 Å². The Kier molecular flexibility index (Phi) is 5.11. The van der Waals surface area contributed by atoms with E-state index < -0.39 is 0 Å². The van der Waals surface area contributed by atoms with Crippen LogP contribution in [0.15, 0.2) is 17.2 Å². The van der Waals surface area contributed by atoms with Crippen molar-refractivity contribution in [1.82, 2.24) is 9.55 Å². The van der Waals surface area contributed by atoms with Gasteiger partial charge in [-0.3, -0.25) is 4.79 Å². The molecule has 1 rings (SSSR count). The third-order valence-corrected chi connectivity index (χ3v) is 2.94. The van der Waals surface area contributed by atoms with Crippen LogP contribution in [0.5, 0.6) is 0 Å². The Morgan fingerprint density at radius 3 is 2.53 bits per heavy atom. The van der Waals surface area contributed by atoms with Crippen LogP contribution in [-0.2, 0) is 5.54 Å². The number of nitrogens with zero attached hydrogens (tertiary/aromatic N) is 2. The van der Waals surface area contributed by atoms with Crippen LogP contribution in [0.25, 0.3) is 0 Å². The average Bonchev–Trinajstić information content (AvgIpc) is 2.28. The Morgan fingerprint density at radius 1 is 1.42 bits per heavy atom. The van der Waals surface area contributed by atoms with E-state index in [-0.39, 0.29) is 17.1 Å². The molecule has 3 N–H and O–H groups in total. The molecule has 0 bridgehead atoms. The van der Waals surface area contributed by atoms with E-state index in [0.29, 0.717) is 18.3 Å². The molecule has 0 radical (unpaired) electrons. The van der Waals surface area contributed by atoms with Crippen LogP contribution in [-0.4, -0.2) is 22.1 Å². The first-order valence-electron chi connectivity index (χ1n) is 6.80. The smallest absolute Gasteiger partial charge is 0.293 e. The maximum absolute atomic E-state index is 12.3. The summed E-state index contributed by atoms with van der Waals surface area (Å²) in [4.78, 5) is 16.5. The maximum atomic E-state index is 12.3. The molecule has 5 heteroatoms. The van der Waals surface area contributed by atoms with Crippen molar-refractivity contribution in [1.29, 1.82) is 0 Å². The Morgan fingerprint density at radius 2 is 2.05 bits per heavy atom. The summed E-state index contributed by atoms with van der Waals surface area (Å²) >= 11 is 0. The molecule has 1 unspecified atom stereocenters. The lowest BCUT2D eigenvalue weighted by molar-refractivity contribution is 0.382. The lowest BCUT2D eigenvalue weighted by Gasteiger charge is -2.24. The highest BCUT2D eigenvalue weighted by atomic mass is 16.1. The molecule has 5 nitrogen and oxygen atoms in total. The minimum absolute atomic E-state index is 0.0796. The van der Waals surface area contributed by atoms with E-state index >= 15 is 0 Å². The maximum Gasteiger partial charge on any atom is 0.293 e. The number of hydrogen-bond acceptors (Lipinski definition) is 4. The first kappa shape index (κ1) is 15.7. The van der Waals surface area contributed by atoms with Gasteiger partial charge < -0.3 is 15.6 Å². The molecule has 1 aromatic rings. The Bertz CT molecular complexity index is 459. The minimum Gasteiger partial charge on any atom is -0.361 e. The van der Waals surface area contributed by atoms with Crippen molar-refractivity contribution in [3.8, 4) is 0 Å². The molecular formula is C14H26N4O. The molecule has 0 spiro atoms. The molecule has 0 amide bonds. The SMILES string of the molecule is CC(C)CC(CN)Nc1nccn(C(C)(C)C)c1=O. The molecule has 0 aliphatic carbocycles. The van der Waals surface area contributed by atoms with Gasteiger partial charge in [0.2, 0.25) is 0 Å². The second-order valence-electron chi connectivity index (χ2n) is 6.33. The van der Waals surface area contributed by atoms with E-state index in [2.05, 4.69) is 24.1 Å². The van der Waals surface area contributed by atoms with Crippen LogP contribution in [0.4, 0.5) is 5.82 Å². The molecule has 1 aromatic heterocycles. The summed E-state index contributed by atoms with van der Waals surface area (Å²) in [7, 11) is 0. The zero-order valence-electron chi connectivity index (χ0n) is 12.6. The van der Waals surface area contributed by atoms with Gasteiger partial charge >= 0.3 is 0 Å². The van der Waals surface area contributed by atoms with E-state index in [0.717, 1.165) is 6.42 Å². The van der Waals surface area contributed by atoms with Crippen LogP contribution in [0.1, 0.15) is 41.0 Å². The summed E-state index contributed by atoms with van der Waals surface area (Å²) in [5.41, 5.74) is 5.39. The lowest BCUT2D eigenvalue weighted by Crippen LogP contribution is -2.38. The fraction of sp³-hybridized carbons (Fsp3) is 0.714. The first-order valence-corrected chi connectivity index (χ1v) is 6.80. The Balaban J connectivity index is 2.99. The van der Waals surface area contributed by atoms with E-state index in [1.165, 1.54) is 0 Å². The van der Waals surface area contributed by atoms with Gasteiger partial charge in [0.25, 0.3) is 5.56 Å². The summed E-state index contributed by atoms with van der Waals surface area (Å²) in [6, 6.07) is 0.0796. The third-order valence-electron chi connectivity index (χ3n) is 2.94. The van der Waals surface area contributed by atoms with Crippen LogP contribution in [0, 0.1) is 5.92 Å². The van der Waals surface area contributed by atoms with Crippen molar-refractivity contribution in [2.45, 2.75) is 52.6 Å². The van der Waals surface area contributed by atoms with Crippen molar-refractivity contribution >= 4 is 5.82 Å². The van der Waals surface area contributed by atoms with E-state index in [1.54, 1.807) is 17.0 Å². The normalized spacial score (nSPS) is 13.6. The molecule has 1 heterocycles. The minimum atomic E-state index is -0.257. The van der Waals surface area contributed by atoms with Crippen molar-refractivity contribution in [3.63, 3.8) is 0 Å². The van der Waals surface area contributed by atoms with Gasteiger partial charge in [0.15, 0.2) is 5.82 Å². The third kappa shape index (κ3) is 4.35. The highest BCUT2D eigenvalue weighted by Crippen LogP contribution is 2.12. The fourth-order valence-corrected chi connectivity index (χ4v) is 2.02. The molecule has 1 atom stereocenters. The van der Waals surface area contributed by atoms with Crippen LogP contribution >= 0.6 is 0 Å². The van der Waals surface area contributed by atoms with Gasteiger partial charge in [-0.15, -0.1) is 0 Å². The highest BCUT2D eigenvalue weighted by molar-refractivity contribution is 5.32. The summed E-state index contributed by atoms with van der Waals surface area (Å²) in [6.07, 6.45) is 4.29. The molecule has 0 fully saturated rings. The van der Waals surface area contributed by atoms with Gasteiger partial charge in [0.05, 0.1) is 0 Å². The molecular weight excluding hydrogens is 240 g/mol. The Labute approximate surface area is 115 Å². The largest absolute Gasteiger partial charge is 0.361 e. The van der Waals surface area contributed by atoms with Gasteiger partial charge in [-0.2, -0.15) is 0 Å². The first-order chi connectivity index (χ1) is 8.75. The molecule has 0 aliphatic rings.